The molecular weight excluding hydrogens is 505 g/mol. The van der Waals surface area contributed by atoms with Gasteiger partial charge < -0.3 is 19.5 Å². The molecule has 36 heavy (non-hydrogen) atoms. The van der Waals surface area contributed by atoms with Gasteiger partial charge in [-0.1, -0.05) is 54.4 Å². The van der Waals surface area contributed by atoms with Crippen molar-refractivity contribution in [3.63, 3.8) is 0 Å². The van der Waals surface area contributed by atoms with Crippen LogP contribution in [0.3, 0.4) is 0 Å². The monoisotopic (exact) mass is 533 g/mol. The normalized spacial score (nSPS) is 26.6. The number of hydrogen-bond acceptors (Lipinski definition) is 5. The largest absolute Gasteiger partial charge is 0.481 e. The lowest BCUT2D eigenvalue weighted by molar-refractivity contribution is -0.197. The topological polar surface area (TPSA) is 93.1 Å². The highest BCUT2D eigenvalue weighted by Gasteiger charge is 2.71. The number of carbonyl (C=O) groups is 3. The average Bonchev–Trinajstić information content (AvgIpc) is 3.52. The van der Waals surface area contributed by atoms with Gasteiger partial charge in [0.15, 0.2) is 5.60 Å². The summed E-state index contributed by atoms with van der Waals surface area (Å²) in [6.07, 6.45) is -0.503. The van der Waals surface area contributed by atoms with Crippen LogP contribution in [0, 0.1) is 5.92 Å². The molecule has 1 aliphatic heterocycles. The maximum Gasteiger partial charge on any atom is 0.329 e. The Morgan fingerprint density at radius 3 is 2.33 bits per heavy atom. The first-order valence-corrected chi connectivity index (χ1v) is 12.6. The minimum absolute atomic E-state index is 0.0207. The highest BCUT2D eigenvalue weighted by Crippen LogP contribution is 2.58. The van der Waals surface area contributed by atoms with Gasteiger partial charge in [-0.15, -0.1) is 0 Å². The Labute approximate surface area is 220 Å². The van der Waals surface area contributed by atoms with Crippen molar-refractivity contribution in [2.45, 2.75) is 69.9 Å². The minimum atomic E-state index is -1.57. The number of nitrogens with zero attached hydrogens (tertiary/aromatic N) is 1. The van der Waals surface area contributed by atoms with Crippen molar-refractivity contribution in [3.05, 3.63) is 69.7 Å². The lowest BCUT2D eigenvalue weighted by atomic mass is 9.89. The number of halogens is 2. The summed E-state index contributed by atoms with van der Waals surface area (Å²) >= 11 is 12.4. The third-order valence-corrected chi connectivity index (χ3v) is 7.01. The number of hydrogen-bond donors (Lipinski definition) is 1. The van der Waals surface area contributed by atoms with Crippen LogP contribution < -0.4 is 0 Å². The number of ether oxygens (including phenoxy) is 2. The summed E-state index contributed by atoms with van der Waals surface area (Å²) in [5, 5.41) is 10.7. The van der Waals surface area contributed by atoms with Gasteiger partial charge in [0.1, 0.15) is 17.7 Å². The van der Waals surface area contributed by atoms with E-state index in [0.29, 0.717) is 21.2 Å². The Balaban J connectivity index is 1.90. The van der Waals surface area contributed by atoms with Gasteiger partial charge in [0.05, 0.1) is 12.0 Å². The number of esters is 1. The number of carboxylic acids is 1. The van der Waals surface area contributed by atoms with E-state index in [2.05, 4.69) is 0 Å². The average molecular weight is 534 g/mol. The molecule has 2 unspecified atom stereocenters. The highest BCUT2D eigenvalue weighted by molar-refractivity contribution is 6.30. The molecule has 2 aliphatic rings. The van der Waals surface area contributed by atoms with E-state index in [1.165, 1.54) is 4.90 Å². The Morgan fingerprint density at radius 1 is 1.14 bits per heavy atom. The van der Waals surface area contributed by atoms with Gasteiger partial charge >= 0.3 is 11.9 Å². The molecule has 4 rings (SSSR count). The molecule has 0 aromatic heterocycles. The Hall–Kier alpha value is -2.61. The molecule has 2 fully saturated rings. The van der Waals surface area contributed by atoms with E-state index >= 15 is 0 Å². The second-order valence-corrected chi connectivity index (χ2v) is 11.1. The smallest absolute Gasteiger partial charge is 0.329 e. The summed E-state index contributed by atoms with van der Waals surface area (Å²) in [7, 11) is 0. The SMILES string of the molecule is CC[C@H](C(=O)OC(C)(C)C)N1C(=O)C2(CC2C(=O)O)O[C@H](c2cccc(Cl)c2)[C@H]1c1ccc(Cl)cc1. The van der Waals surface area contributed by atoms with E-state index in [0.717, 1.165) is 0 Å². The van der Waals surface area contributed by atoms with E-state index in [1.807, 2.05) is 6.07 Å². The summed E-state index contributed by atoms with van der Waals surface area (Å²) < 4.78 is 12.1. The first-order valence-electron chi connectivity index (χ1n) is 11.8. The summed E-state index contributed by atoms with van der Waals surface area (Å²) in [4.78, 5) is 40.9. The van der Waals surface area contributed by atoms with Crippen molar-refractivity contribution in [1.29, 1.82) is 0 Å². The molecule has 192 valence electrons. The maximum atomic E-state index is 14.1. The third-order valence-electron chi connectivity index (χ3n) is 6.52. The lowest BCUT2D eigenvalue weighted by Crippen LogP contribution is -2.59. The Bertz CT molecular complexity index is 1180. The first-order chi connectivity index (χ1) is 16.9. The number of rotatable bonds is 6. The van der Waals surface area contributed by atoms with Crippen molar-refractivity contribution < 1.29 is 29.0 Å². The van der Waals surface area contributed by atoms with Gasteiger partial charge in [0, 0.05) is 16.5 Å². The van der Waals surface area contributed by atoms with Crippen molar-refractivity contribution >= 4 is 41.0 Å². The van der Waals surface area contributed by atoms with Gasteiger partial charge in [0.25, 0.3) is 5.91 Å². The number of carbonyl (C=O) groups excluding carboxylic acids is 2. The summed E-state index contributed by atoms with van der Waals surface area (Å²) in [5.74, 6) is -3.24. The Kier molecular flexibility index (Phi) is 7.12. The lowest BCUT2D eigenvalue weighted by Gasteiger charge is -2.48. The van der Waals surface area contributed by atoms with Crippen LogP contribution in [0.4, 0.5) is 0 Å². The van der Waals surface area contributed by atoms with Gasteiger partial charge in [-0.3, -0.25) is 9.59 Å². The number of benzene rings is 2. The van der Waals surface area contributed by atoms with Crippen molar-refractivity contribution in [2.24, 2.45) is 5.92 Å². The number of amides is 1. The molecule has 1 aliphatic carbocycles. The summed E-state index contributed by atoms with van der Waals surface area (Å²) in [5.41, 5.74) is -1.00. The second kappa shape index (κ2) is 9.69. The zero-order chi connectivity index (χ0) is 26.4. The second-order valence-electron chi connectivity index (χ2n) is 10.2. The fourth-order valence-corrected chi connectivity index (χ4v) is 5.17. The van der Waals surface area contributed by atoms with Gasteiger partial charge in [-0.25, -0.2) is 4.79 Å². The van der Waals surface area contributed by atoms with Crippen LogP contribution in [0.1, 0.15) is 63.8 Å². The maximum absolute atomic E-state index is 14.1. The fourth-order valence-electron chi connectivity index (χ4n) is 4.84. The van der Waals surface area contributed by atoms with E-state index in [1.54, 1.807) is 70.2 Å². The molecular formula is C27H29Cl2NO6. The van der Waals surface area contributed by atoms with Crippen LogP contribution in [-0.4, -0.2) is 45.1 Å². The van der Waals surface area contributed by atoms with E-state index in [-0.39, 0.29) is 12.8 Å². The van der Waals surface area contributed by atoms with Crippen LogP contribution >= 0.6 is 23.2 Å². The number of morpholine rings is 1. The molecule has 0 bridgehead atoms. The highest BCUT2D eigenvalue weighted by atomic mass is 35.5. The van der Waals surface area contributed by atoms with Crippen molar-refractivity contribution in [2.75, 3.05) is 0 Å². The molecule has 1 saturated heterocycles. The molecule has 7 nitrogen and oxygen atoms in total. The molecule has 5 atom stereocenters. The number of carboxylic acid groups (broad SMARTS) is 1. The molecule has 0 radical (unpaired) electrons. The molecule has 1 amide bonds. The minimum Gasteiger partial charge on any atom is -0.481 e. The fraction of sp³-hybridized carbons (Fsp3) is 0.444. The number of aliphatic carboxylic acids is 1. The first kappa shape index (κ1) is 26.5. The summed E-state index contributed by atoms with van der Waals surface area (Å²) in [6.45, 7) is 7.06. The zero-order valence-electron chi connectivity index (χ0n) is 20.5. The van der Waals surface area contributed by atoms with Gasteiger partial charge in [-0.2, -0.15) is 0 Å². The molecule has 2 aromatic rings. The van der Waals surface area contributed by atoms with Gasteiger partial charge in [0.2, 0.25) is 0 Å². The molecule has 9 heteroatoms. The van der Waals surface area contributed by atoms with Crippen molar-refractivity contribution in [1.82, 2.24) is 4.90 Å². The van der Waals surface area contributed by atoms with Crippen LogP contribution in [0.25, 0.3) is 0 Å². The molecule has 2 aromatic carbocycles. The molecule has 1 N–H and O–H groups in total. The molecule has 1 spiro atoms. The van der Waals surface area contributed by atoms with Crippen LogP contribution in [0.2, 0.25) is 10.0 Å². The third kappa shape index (κ3) is 4.97. The van der Waals surface area contributed by atoms with Crippen LogP contribution in [-0.2, 0) is 23.9 Å². The van der Waals surface area contributed by atoms with Gasteiger partial charge in [-0.05, 0) is 62.6 Å². The van der Waals surface area contributed by atoms with Crippen LogP contribution in [0.15, 0.2) is 48.5 Å². The quantitative estimate of drug-likeness (QED) is 0.486. The van der Waals surface area contributed by atoms with E-state index < -0.39 is 53.2 Å². The van der Waals surface area contributed by atoms with Crippen LogP contribution in [0.5, 0.6) is 0 Å². The molecule has 1 heterocycles. The van der Waals surface area contributed by atoms with Crippen molar-refractivity contribution in [3.8, 4) is 0 Å². The Morgan fingerprint density at radius 2 is 1.81 bits per heavy atom. The standard InChI is InChI=1S/C27H29Cl2NO6/c1-5-20(24(33)36-26(2,3)4)30-21(15-9-11-17(28)12-10-15)22(16-7-6-8-18(29)13-16)35-27(25(30)34)14-19(27)23(31)32/h6-13,19-22H,5,14H2,1-4H3,(H,31,32)/t19?,20-,21-,22-,27?/m1/s1. The predicted molar refractivity (Wildman–Crippen MR) is 135 cm³/mol. The van der Waals surface area contributed by atoms with E-state index in [9.17, 15) is 19.5 Å². The van der Waals surface area contributed by atoms with E-state index in [4.69, 9.17) is 32.7 Å². The molecule has 1 saturated carbocycles. The predicted octanol–water partition coefficient (Wildman–Crippen LogP) is 5.60. The summed E-state index contributed by atoms with van der Waals surface area (Å²) in [6, 6.07) is 12.2. The zero-order valence-corrected chi connectivity index (χ0v) is 22.0.